The van der Waals surface area contributed by atoms with Crippen molar-refractivity contribution >= 4 is 0 Å². The summed E-state index contributed by atoms with van der Waals surface area (Å²) in [7, 11) is 0. The van der Waals surface area contributed by atoms with Crippen LogP contribution in [0.5, 0.6) is 0 Å². The van der Waals surface area contributed by atoms with Gasteiger partial charge in [-0.3, -0.25) is 0 Å². The van der Waals surface area contributed by atoms with Gasteiger partial charge in [-0.1, -0.05) is 13.8 Å². The van der Waals surface area contributed by atoms with Crippen LogP contribution in [0.3, 0.4) is 0 Å². The van der Waals surface area contributed by atoms with Gasteiger partial charge in [0.1, 0.15) is 6.17 Å². The average Bonchev–Trinajstić information content (AvgIpc) is 1.94. The molecule has 2 heteroatoms. The van der Waals surface area contributed by atoms with Gasteiger partial charge >= 0.3 is 0 Å². The summed E-state index contributed by atoms with van der Waals surface area (Å²) in [6.45, 7) is 4.32. The monoisotopic (exact) mass is 159 g/mol. The maximum absolute atomic E-state index is 13.1. The summed E-state index contributed by atoms with van der Waals surface area (Å²) in [6, 6.07) is -0.190. The van der Waals surface area contributed by atoms with Crippen LogP contribution in [0.2, 0.25) is 0 Å². The number of hydrogen-bond donors (Lipinski definition) is 1. The first-order chi connectivity index (χ1) is 5.11. The molecule has 0 spiro atoms. The molecule has 11 heavy (non-hydrogen) atoms. The van der Waals surface area contributed by atoms with Gasteiger partial charge in [0.2, 0.25) is 0 Å². The Bertz CT molecular complexity index is 125. The van der Waals surface area contributed by atoms with Crippen LogP contribution in [0.15, 0.2) is 0 Å². The number of rotatable bonds is 1. The van der Waals surface area contributed by atoms with Crippen LogP contribution in [0.25, 0.3) is 0 Å². The molecule has 1 aliphatic carbocycles. The SMILES string of the molecule is CC(C)C1CC[C@@H](N)[C@H](F)C1. The van der Waals surface area contributed by atoms with Crippen LogP contribution >= 0.6 is 0 Å². The van der Waals surface area contributed by atoms with Gasteiger partial charge in [0, 0.05) is 6.04 Å². The van der Waals surface area contributed by atoms with E-state index in [-0.39, 0.29) is 6.04 Å². The highest BCUT2D eigenvalue weighted by atomic mass is 19.1. The average molecular weight is 159 g/mol. The standard InChI is InChI=1S/C9H18FN/c1-6(2)7-3-4-9(11)8(10)5-7/h6-9H,3-5,11H2,1-2H3/t7?,8-,9-/m1/s1. The van der Waals surface area contributed by atoms with E-state index in [9.17, 15) is 4.39 Å². The maximum atomic E-state index is 13.1. The largest absolute Gasteiger partial charge is 0.325 e. The molecule has 0 bridgehead atoms. The van der Waals surface area contributed by atoms with E-state index in [2.05, 4.69) is 13.8 Å². The molecule has 0 heterocycles. The summed E-state index contributed by atoms with van der Waals surface area (Å²) < 4.78 is 13.1. The summed E-state index contributed by atoms with van der Waals surface area (Å²) in [5.74, 6) is 1.17. The normalized spacial score (nSPS) is 39.5. The molecule has 0 aromatic carbocycles. The van der Waals surface area contributed by atoms with Crippen LogP contribution in [-0.4, -0.2) is 12.2 Å². The molecule has 66 valence electrons. The van der Waals surface area contributed by atoms with Gasteiger partial charge < -0.3 is 5.73 Å². The smallest absolute Gasteiger partial charge is 0.115 e. The van der Waals surface area contributed by atoms with Gasteiger partial charge in [0.15, 0.2) is 0 Å². The molecule has 0 aromatic heterocycles. The first-order valence-corrected chi connectivity index (χ1v) is 4.51. The predicted octanol–water partition coefficient (Wildman–Crippen LogP) is 2.11. The second kappa shape index (κ2) is 3.53. The summed E-state index contributed by atoms with van der Waals surface area (Å²) in [6.07, 6.45) is 1.90. The second-order valence-electron chi connectivity index (χ2n) is 4.00. The zero-order valence-corrected chi connectivity index (χ0v) is 7.39. The van der Waals surface area contributed by atoms with Crippen molar-refractivity contribution in [2.75, 3.05) is 0 Å². The first-order valence-electron chi connectivity index (χ1n) is 4.51. The summed E-state index contributed by atoms with van der Waals surface area (Å²) in [5, 5.41) is 0. The van der Waals surface area contributed by atoms with Crippen LogP contribution in [0, 0.1) is 11.8 Å². The molecule has 1 nitrogen and oxygen atoms in total. The van der Waals surface area contributed by atoms with Crippen molar-refractivity contribution in [2.24, 2.45) is 17.6 Å². The molecule has 0 aromatic rings. The van der Waals surface area contributed by atoms with Gasteiger partial charge in [-0.2, -0.15) is 0 Å². The zero-order chi connectivity index (χ0) is 8.43. The van der Waals surface area contributed by atoms with E-state index in [4.69, 9.17) is 5.73 Å². The lowest BCUT2D eigenvalue weighted by Gasteiger charge is -2.31. The van der Waals surface area contributed by atoms with Crippen molar-refractivity contribution < 1.29 is 4.39 Å². The van der Waals surface area contributed by atoms with Gasteiger partial charge in [-0.25, -0.2) is 4.39 Å². The predicted molar refractivity (Wildman–Crippen MR) is 45.1 cm³/mol. The van der Waals surface area contributed by atoms with Crippen molar-refractivity contribution in [1.29, 1.82) is 0 Å². The van der Waals surface area contributed by atoms with E-state index in [0.29, 0.717) is 18.3 Å². The lowest BCUT2D eigenvalue weighted by Crippen LogP contribution is -2.38. The highest BCUT2D eigenvalue weighted by molar-refractivity contribution is 4.83. The molecule has 1 saturated carbocycles. The minimum atomic E-state index is -0.754. The number of hydrogen-bond acceptors (Lipinski definition) is 1. The van der Waals surface area contributed by atoms with Crippen molar-refractivity contribution in [1.82, 2.24) is 0 Å². The minimum Gasteiger partial charge on any atom is -0.325 e. The van der Waals surface area contributed by atoms with Gasteiger partial charge in [-0.05, 0) is 31.1 Å². The fourth-order valence-corrected chi connectivity index (χ4v) is 1.77. The number of alkyl halides is 1. The Labute approximate surface area is 68.2 Å². The third-order valence-corrected chi connectivity index (χ3v) is 2.81. The van der Waals surface area contributed by atoms with Crippen molar-refractivity contribution in [3.63, 3.8) is 0 Å². The van der Waals surface area contributed by atoms with E-state index in [0.717, 1.165) is 12.8 Å². The van der Waals surface area contributed by atoms with E-state index in [1.165, 1.54) is 0 Å². The molecular formula is C9H18FN. The van der Waals surface area contributed by atoms with E-state index in [1.54, 1.807) is 0 Å². The Morgan fingerprint density at radius 3 is 2.45 bits per heavy atom. The summed E-state index contributed by atoms with van der Waals surface area (Å²) >= 11 is 0. The first kappa shape index (κ1) is 8.98. The van der Waals surface area contributed by atoms with E-state index >= 15 is 0 Å². The van der Waals surface area contributed by atoms with Crippen molar-refractivity contribution in [2.45, 2.75) is 45.3 Å². The molecule has 0 amide bonds. The molecule has 0 saturated heterocycles. The summed E-state index contributed by atoms with van der Waals surface area (Å²) in [5.41, 5.74) is 5.57. The Morgan fingerprint density at radius 1 is 1.36 bits per heavy atom. The lowest BCUT2D eigenvalue weighted by molar-refractivity contribution is 0.144. The Balaban J connectivity index is 2.40. The maximum Gasteiger partial charge on any atom is 0.115 e. The van der Waals surface area contributed by atoms with Crippen LogP contribution in [0.4, 0.5) is 4.39 Å². The van der Waals surface area contributed by atoms with Crippen LogP contribution in [0.1, 0.15) is 33.1 Å². The number of nitrogens with two attached hydrogens (primary N) is 1. The fraction of sp³-hybridized carbons (Fsp3) is 1.00. The topological polar surface area (TPSA) is 26.0 Å². The molecule has 1 unspecified atom stereocenters. The molecule has 0 radical (unpaired) electrons. The van der Waals surface area contributed by atoms with Crippen molar-refractivity contribution in [3.05, 3.63) is 0 Å². The Morgan fingerprint density at radius 2 is 2.00 bits per heavy atom. The molecule has 1 rings (SSSR count). The highest BCUT2D eigenvalue weighted by Crippen LogP contribution is 2.30. The second-order valence-corrected chi connectivity index (χ2v) is 4.00. The summed E-state index contributed by atoms with van der Waals surface area (Å²) in [4.78, 5) is 0. The van der Waals surface area contributed by atoms with E-state index in [1.807, 2.05) is 0 Å². The third kappa shape index (κ3) is 2.16. The lowest BCUT2D eigenvalue weighted by atomic mass is 9.79. The Hall–Kier alpha value is -0.110. The van der Waals surface area contributed by atoms with Gasteiger partial charge in [0.25, 0.3) is 0 Å². The number of halogens is 1. The molecule has 2 N–H and O–H groups in total. The molecule has 3 atom stereocenters. The van der Waals surface area contributed by atoms with Gasteiger partial charge in [0.05, 0.1) is 0 Å². The molecular weight excluding hydrogens is 141 g/mol. The van der Waals surface area contributed by atoms with Crippen molar-refractivity contribution in [3.8, 4) is 0 Å². The zero-order valence-electron chi connectivity index (χ0n) is 7.39. The Kier molecular flexibility index (Phi) is 2.88. The molecule has 1 fully saturated rings. The highest BCUT2D eigenvalue weighted by Gasteiger charge is 2.29. The third-order valence-electron chi connectivity index (χ3n) is 2.81. The molecule has 1 aliphatic rings. The van der Waals surface area contributed by atoms with Crippen LogP contribution < -0.4 is 5.73 Å². The van der Waals surface area contributed by atoms with Gasteiger partial charge in [-0.15, -0.1) is 0 Å². The minimum absolute atomic E-state index is 0.190. The van der Waals surface area contributed by atoms with E-state index < -0.39 is 6.17 Å². The molecule has 0 aliphatic heterocycles. The van der Waals surface area contributed by atoms with Crippen LogP contribution in [-0.2, 0) is 0 Å². The quantitative estimate of drug-likeness (QED) is 0.623. The fourth-order valence-electron chi connectivity index (χ4n) is 1.77.